The molecule has 1 rings (SSSR count). The van der Waals surface area contributed by atoms with E-state index < -0.39 is 0 Å². The molecule has 0 saturated heterocycles. The summed E-state index contributed by atoms with van der Waals surface area (Å²) in [6.07, 6.45) is 3.76. The highest BCUT2D eigenvalue weighted by Gasteiger charge is 2.02. The lowest BCUT2D eigenvalue weighted by Gasteiger charge is -2.10. The summed E-state index contributed by atoms with van der Waals surface area (Å²) in [5.41, 5.74) is 0. The summed E-state index contributed by atoms with van der Waals surface area (Å²) in [6.45, 7) is 8.00. The minimum atomic E-state index is 0.0761. The van der Waals surface area contributed by atoms with E-state index >= 15 is 0 Å². The van der Waals surface area contributed by atoms with Crippen molar-refractivity contribution < 1.29 is 9.84 Å². The first-order valence-electron chi connectivity index (χ1n) is 6.13. The van der Waals surface area contributed by atoms with E-state index in [0.717, 1.165) is 25.5 Å². The number of imidazole rings is 1. The normalized spacial score (nSPS) is 11.3. The van der Waals surface area contributed by atoms with Crippen molar-refractivity contribution in [1.29, 1.82) is 0 Å². The molecule has 0 radical (unpaired) electrons. The lowest BCUT2D eigenvalue weighted by atomic mass is 10.2. The first kappa shape index (κ1) is 14.2. The second-order valence-electron chi connectivity index (χ2n) is 4.40. The Morgan fingerprint density at radius 1 is 1.47 bits per heavy atom. The van der Waals surface area contributed by atoms with Crippen molar-refractivity contribution in [2.45, 2.75) is 26.9 Å². The number of rotatable bonds is 9. The van der Waals surface area contributed by atoms with Crippen molar-refractivity contribution in [2.75, 3.05) is 26.4 Å². The Balaban J connectivity index is 2.27. The molecule has 0 saturated carbocycles. The highest BCUT2D eigenvalue weighted by atomic mass is 16.5. The predicted molar refractivity (Wildman–Crippen MR) is 66.7 cm³/mol. The van der Waals surface area contributed by atoms with E-state index in [2.05, 4.69) is 28.7 Å². The van der Waals surface area contributed by atoms with Crippen LogP contribution in [0, 0.1) is 5.92 Å². The molecule has 0 aromatic carbocycles. The van der Waals surface area contributed by atoms with Crippen LogP contribution < -0.4 is 5.32 Å². The number of aliphatic hydroxyl groups excluding tert-OH is 1. The minimum Gasteiger partial charge on any atom is -0.394 e. The van der Waals surface area contributed by atoms with Crippen molar-refractivity contribution in [2.24, 2.45) is 5.92 Å². The molecule has 5 nitrogen and oxygen atoms in total. The van der Waals surface area contributed by atoms with Gasteiger partial charge in [0.1, 0.15) is 5.82 Å². The number of hydrogen-bond acceptors (Lipinski definition) is 4. The van der Waals surface area contributed by atoms with Crippen LogP contribution in [0.1, 0.15) is 19.7 Å². The standard InChI is InChI=1S/C12H23N3O2/c1-11(2)9-13-10-12-14-3-4-15(12)5-7-17-8-6-16/h3-4,11,13,16H,5-10H2,1-2H3. The third kappa shape index (κ3) is 5.81. The molecular weight excluding hydrogens is 218 g/mol. The zero-order chi connectivity index (χ0) is 12.5. The van der Waals surface area contributed by atoms with Crippen LogP contribution in [-0.2, 0) is 17.8 Å². The summed E-state index contributed by atoms with van der Waals surface area (Å²) in [4.78, 5) is 4.31. The average Bonchev–Trinajstić information content (AvgIpc) is 2.72. The van der Waals surface area contributed by atoms with Gasteiger partial charge in [0.25, 0.3) is 0 Å². The number of ether oxygens (including phenoxy) is 1. The quantitative estimate of drug-likeness (QED) is 0.623. The van der Waals surface area contributed by atoms with Crippen LogP contribution in [0.5, 0.6) is 0 Å². The summed E-state index contributed by atoms with van der Waals surface area (Å²) in [6, 6.07) is 0. The molecule has 0 spiro atoms. The molecule has 17 heavy (non-hydrogen) atoms. The largest absolute Gasteiger partial charge is 0.394 e. The highest BCUT2D eigenvalue weighted by Crippen LogP contribution is 1.98. The first-order valence-corrected chi connectivity index (χ1v) is 6.13. The van der Waals surface area contributed by atoms with Crippen molar-refractivity contribution in [1.82, 2.24) is 14.9 Å². The molecule has 1 aromatic rings. The zero-order valence-electron chi connectivity index (χ0n) is 10.7. The third-order valence-corrected chi connectivity index (χ3v) is 2.35. The molecular formula is C12H23N3O2. The monoisotopic (exact) mass is 241 g/mol. The molecule has 1 heterocycles. The van der Waals surface area contributed by atoms with Crippen LogP contribution in [0.3, 0.4) is 0 Å². The lowest BCUT2D eigenvalue weighted by molar-refractivity contribution is 0.0865. The van der Waals surface area contributed by atoms with Gasteiger partial charge >= 0.3 is 0 Å². The van der Waals surface area contributed by atoms with Crippen LogP contribution in [-0.4, -0.2) is 41.0 Å². The topological polar surface area (TPSA) is 59.3 Å². The summed E-state index contributed by atoms with van der Waals surface area (Å²) >= 11 is 0. The molecule has 0 unspecified atom stereocenters. The Kier molecular flexibility index (Phi) is 6.84. The van der Waals surface area contributed by atoms with E-state index in [9.17, 15) is 0 Å². The fraction of sp³-hybridized carbons (Fsp3) is 0.750. The minimum absolute atomic E-state index is 0.0761. The van der Waals surface area contributed by atoms with Crippen LogP contribution in [0.25, 0.3) is 0 Å². The van der Waals surface area contributed by atoms with E-state index in [1.54, 1.807) is 6.20 Å². The van der Waals surface area contributed by atoms with Gasteiger partial charge in [0.05, 0.1) is 26.4 Å². The van der Waals surface area contributed by atoms with E-state index in [1.807, 2.05) is 6.20 Å². The fourth-order valence-corrected chi connectivity index (χ4v) is 1.51. The second-order valence-corrected chi connectivity index (χ2v) is 4.40. The number of aromatic nitrogens is 2. The Morgan fingerprint density at radius 3 is 3.00 bits per heavy atom. The molecule has 0 aliphatic rings. The summed E-state index contributed by atoms with van der Waals surface area (Å²) < 4.78 is 7.31. The van der Waals surface area contributed by atoms with Gasteiger partial charge < -0.3 is 19.7 Å². The van der Waals surface area contributed by atoms with Crippen molar-refractivity contribution in [3.05, 3.63) is 18.2 Å². The first-order chi connectivity index (χ1) is 8.24. The van der Waals surface area contributed by atoms with Crippen molar-refractivity contribution >= 4 is 0 Å². The highest BCUT2D eigenvalue weighted by molar-refractivity contribution is 4.91. The predicted octanol–water partition coefficient (Wildman–Crippen LogP) is 0.638. The molecule has 0 aliphatic carbocycles. The molecule has 5 heteroatoms. The maximum atomic E-state index is 8.59. The maximum Gasteiger partial charge on any atom is 0.122 e. The van der Waals surface area contributed by atoms with E-state index in [-0.39, 0.29) is 6.61 Å². The van der Waals surface area contributed by atoms with Gasteiger partial charge in [0.2, 0.25) is 0 Å². The molecule has 1 aromatic heterocycles. The zero-order valence-corrected chi connectivity index (χ0v) is 10.7. The van der Waals surface area contributed by atoms with E-state index in [4.69, 9.17) is 9.84 Å². The molecule has 0 atom stereocenters. The van der Waals surface area contributed by atoms with Crippen LogP contribution in [0.4, 0.5) is 0 Å². The summed E-state index contributed by atoms with van der Waals surface area (Å²) in [7, 11) is 0. The van der Waals surface area contributed by atoms with Crippen LogP contribution in [0.15, 0.2) is 12.4 Å². The summed E-state index contributed by atoms with van der Waals surface area (Å²) in [5.74, 6) is 1.67. The van der Waals surface area contributed by atoms with Gasteiger partial charge in [-0.15, -0.1) is 0 Å². The van der Waals surface area contributed by atoms with Gasteiger partial charge in [-0.2, -0.15) is 0 Å². The Hall–Kier alpha value is -0.910. The third-order valence-electron chi connectivity index (χ3n) is 2.35. The van der Waals surface area contributed by atoms with Gasteiger partial charge in [-0.05, 0) is 12.5 Å². The van der Waals surface area contributed by atoms with Gasteiger partial charge in [0, 0.05) is 18.9 Å². The fourth-order valence-electron chi connectivity index (χ4n) is 1.51. The van der Waals surface area contributed by atoms with E-state index in [0.29, 0.717) is 19.1 Å². The molecule has 2 N–H and O–H groups in total. The van der Waals surface area contributed by atoms with Gasteiger partial charge in [-0.25, -0.2) is 4.98 Å². The number of nitrogens with one attached hydrogen (secondary N) is 1. The number of hydrogen-bond donors (Lipinski definition) is 2. The molecule has 0 aliphatic heterocycles. The average molecular weight is 241 g/mol. The van der Waals surface area contributed by atoms with Crippen molar-refractivity contribution in [3.63, 3.8) is 0 Å². The Bertz CT molecular complexity index is 300. The maximum absolute atomic E-state index is 8.59. The molecule has 0 fully saturated rings. The van der Waals surface area contributed by atoms with Crippen molar-refractivity contribution in [3.8, 4) is 0 Å². The Labute approximate surface area is 103 Å². The van der Waals surface area contributed by atoms with Crippen LogP contribution in [0.2, 0.25) is 0 Å². The van der Waals surface area contributed by atoms with Gasteiger partial charge in [-0.1, -0.05) is 13.8 Å². The van der Waals surface area contributed by atoms with Gasteiger partial charge in [-0.3, -0.25) is 0 Å². The SMILES string of the molecule is CC(C)CNCc1nccn1CCOCCO. The molecule has 0 amide bonds. The van der Waals surface area contributed by atoms with E-state index in [1.165, 1.54) is 0 Å². The van der Waals surface area contributed by atoms with Gasteiger partial charge in [0.15, 0.2) is 0 Å². The lowest BCUT2D eigenvalue weighted by Crippen LogP contribution is -2.22. The Morgan fingerprint density at radius 2 is 2.29 bits per heavy atom. The molecule has 0 bridgehead atoms. The second kappa shape index (κ2) is 8.22. The van der Waals surface area contributed by atoms with Crippen LogP contribution >= 0.6 is 0 Å². The number of nitrogens with zero attached hydrogens (tertiary/aromatic N) is 2. The smallest absolute Gasteiger partial charge is 0.122 e. The number of aliphatic hydroxyl groups is 1. The molecule has 98 valence electrons. The summed E-state index contributed by atoms with van der Waals surface area (Å²) in [5, 5.41) is 12.0.